The fourth-order valence-electron chi connectivity index (χ4n) is 2.44. The van der Waals surface area contributed by atoms with Crippen molar-refractivity contribution in [1.29, 1.82) is 0 Å². The smallest absolute Gasteiger partial charge is 0.271 e. The Morgan fingerprint density at radius 1 is 1.33 bits per heavy atom. The molecule has 1 aromatic carbocycles. The first kappa shape index (κ1) is 16.2. The summed E-state index contributed by atoms with van der Waals surface area (Å²) >= 11 is 1.35. The topological polar surface area (TPSA) is 63.9 Å². The van der Waals surface area contributed by atoms with E-state index in [2.05, 4.69) is 4.98 Å². The highest BCUT2D eigenvalue weighted by atomic mass is 32.1. The average molecular weight is 343 g/mol. The van der Waals surface area contributed by atoms with Crippen LogP contribution in [0.4, 0.5) is 0 Å². The van der Waals surface area contributed by atoms with E-state index in [1.54, 1.807) is 30.6 Å². The zero-order valence-corrected chi connectivity index (χ0v) is 14.4. The molecule has 24 heavy (non-hydrogen) atoms. The van der Waals surface area contributed by atoms with E-state index < -0.39 is 0 Å². The number of fused-ring (bicyclic) bond motifs is 1. The number of carbonyl (C=O) groups is 1. The summed E-state index contributed by atoms with van der Waals surface area (Å²) in [6.45, 7) is 1.91. The molecule has 0 fully saturated rings. The number of benzene rings is 1. The first-order chi connectivity index (χ1) is 11.5. The number of amides is 1. The Morgan fingerprint density at radius 2 is 2.04 bits per heavy atom. The van der Waals surface area contributed by atoms with E-state index in [-0.39, 0.29) is 23.1 Å². The third-order valence-corrected chi connectivity index (χ3v) is 4.84. The molecule has 0 N–H and O–H groups in total. The Bertz CT molecular complexity index is 930. The van der Waals surface area contributed by atoms with Crippen molar-refractivity contribution in [3.63, 3.8) is 0 Å². The summed E-state index contributed by atoms with van der Waals surface area (Å²) in [5.41, 5.74) is 0.671. The lowest BCUT2D eigenvalue weighted by Gasteiger charge is -2.25. The summed E-state index contributed by atoms with van der Waals surface area (Å²) in [6, 6.07) is 7.31. The van der Waals surface area contributed by atoms with Crippen LogP contribution in [0, 0.1) is 0 Å². The molecule has 0 aliphatic heterocycles. The summed E-state index contributed by atoms with van der Waals surface area (Å²) in [5.74, 6) is 0.404. The summed E-state index contributed by atoms with van der Waals surface area (Å²) in [5, 5.41) is 1.77. The molecular weight excluding hydrogens is 326 g/mol. The van der Waals surface area contributed by atoms with E-state index >= 15 is 0 Å². The van der Waals surface area contributed by atoms with Gasteiger partial charge in [-0.25, -0.2) is 4.98 Å². The van der Waals surface area contributed by atoms with Crippen LogP contribution < -0.4 is 10.3 Å². The Kier molecular flexibility index (Phi) is 4.35. The second-order valence-corrected chi connectivity index (χ2v) is 6.27. The molecule has 3 aromatic rings. The minimum Gasteiger partial charge on any atom is -0.497 e. The highest BCUT2D eigenvalue weighted by molar-refractivity contribution is 7.15. The van der Waals surface area contributed by atoms with Gasteiger partial charge in [0.2, 0.25) is 0 Å². The fourth-order valence-corrected chi connectivity index (χ4v) is 3.12. The van der Waals surface area contributed by atoms with Crippen LogP contribution in [-0.4, -0.2) is 34.3 Å². The van der Waals surface area contributed by atoms with Gasteiger partial charge < -0.3 is 9.64 Å². The molecular formula is C17H17N3O3S. The molecule has 124 valence electrons. The van der Waals surface area contributed by atoms with Crippen LogP contribution in [0.5, 0.6) is 5.75 Å². The van der Waals surface area contributed by atoms with Gasteiger partial charge in [0, 0.05) is 24.8 Å². The van der Waals surface area contributed by atoms with E-state index in [4.69, 9.17) is 4.74 Å². The highest BCUT2D eigenvalue weighted by Gasteiger charge is 2.22. The van der Waals surface area contributed by atoms with E-state index in [9.17, 15) is 9.59 Å². The summed E-state index contributed by atoms with van der Waals surface area (Å²) < 4.78 is 6.54. The average Bonchev–Trinajstić information content (AvgIpc) is 3.10. The van der Waals surface area contributed by atoms with Crippen molar-refractivity contribution in [2.75, 3.05) is 14.2 Å². The molecule has 6 nitrogen and oxygen atoms in total. The van der Waals surface area contributed by atoms with Crippen LogP contribution in [-0.2, 0) is 0 Å². The molecule has 0 aliphatic carbocycles. The number of nitrogens with zero attached hydrogens (tertiary/aromatic N) is 3. The lowest BCUT2D eigenvalue weighted by Crippen LogP contribution is -2.34. The van der Waals surface area contributed by atoms with E-state index in [1.807, 2.05) is 31.2 Å². The molecule has 2 aromatic heterocycles. The number of hydrogen-bond donors (Lipinski definition) is 0. The number of carbonyl (C=O) groups excluding carboxylic acids is 1. The molecule has 0 spiro atoms. The normalized spacial score (nSPS) is 12.1. The summed E-state index contributed by atoms with van der Waals surface area (Å²) in [4.78, 5) is 31.5. The monoisotopic (exact) mass is 343 g/mol. The van der Waals surface area contributed by atoms with Gasteiger partial charge in [0.15, 0.2) is 4.96 Å². The summed E-state index contributed by atoms with van der Waals surface area (Å²) in [6.07, 6.45) is 2.98. The zero-order chi connectivity index (χ0) is 17.3. The molecule has 1 atom stereocenters. The van der Waals surface area contributed by atoms with Crippen molar-refractivity contribution in [1.82, 2.24) is 14.3 Å². The van der Waals surface area contributed by atoms with Crippen LogP contribution >= 0.6 is 11.3 Å². The second kappa shape index (κ2) is 6.45. The van der Waals surface area contributed by atoms with Gasteiger partial charge >= 0.3 is 0 Å². The number of hydrogen-bond acceptors (Lipinski definition) is 5. The number of thiazole rings is 1. The maximum atomic E-state index is 12.7. The largest absolute Gasteiger partial charge is 0.497 e. The number of methoxy groups -OCH3 is 1. The molecule has 2 heterocycles. The Hall–Kier alpha value is -2.67. The third-order valence-electron chi connectivity index (χ3n) is 4.07. The molecule has 0 saturated carbocycles. The molecule has 0 bridgehead atoms. The Labute approximate surface area is 142 Å². The zero-order valence-electron chi connectivity index (χ0n) is 13.6. The van der Waals surface area contributed by atoms with Crippen LogP contribution in [0.2, 0.25) is 0 Å². The molecule has 3 rings (SSSR count). The van der Waals surface area contributed by atoms with Crippen molar-refractivity contribution in [2.24, 2.45) is 0 Å². The SMILES string of the molecule is COc1ccc(C(C)N(C)C(=O)c2cnc3sccn3c2=O)cc1. The molecule has 0 aliphatic rings. The van der Waals surface area contributed by atoms with E-state index in [0.717, 1.165) is 11.3 Å². The first-order valence-corrected chi connectivity index (χ1v) is 8.27. The molecule has 7 heteroatoms. The number of aromatic nitrogens is 2. The summed E-state index contributed by atoms with van der Waals surface area (Å²) in [7, 11) is 3.29. The van der Waals surface area contributed by atoms with Crippen LogP contribution in [0.15, 0.2) is 46.8 Å². The fraction of sp³-hybridized carbons (Fsp3) is 0.235. The van der Waals surface area contributed by atoms with Gasteiger partial charge in [-0.15, -0.1) is 11.3 Å². The maximum Gasteiger partial charge on any atom is 0.271 e. The van der Waals surface area contributed by atoms with Gasteiger partial charge in [-0.3, -0.25) is 14.0 Å². The third kappa shape index (κ3) is 2.78. The predicted octanol–water partition coefficient (Wildman–Crippen LogP) is 2.60. The maximum absolute atomic E-state index is 12.7. The first-order valence-electron chi connectivity index (χ1n) is 7.39. The second-order valence-electron chi connectivity index (χ2n) is 5.40. The highest BCUT2D eigenvalue weighted by Crippen LogP contribution is 2.22. The van der Waals surface area contributed by atoms with Gasteiger partial charge in [0.25, 0.3) is 11.5 Å². The lowest BCUT2D eigenvalue weighted by molar-refractivity contribution is 0.0740. The minimum absolute atomic E-state index is 0.0637. The molecule has 1 unspecified atom stereocenters. The van der Waals surface area contributed by atoms with Gasteiger partial charge in [-0.05, 0) is 24.6 Å². The van der Waals surface area contributed by atoms with Crippen molar-refractivity contribution in [2.45, 2.75) is 13.0 Å². The van der Waals surface area contributed by atoms with Crippen molar-refractivity contribution in [3.05, 3.63) is 63.5 Å². The quantitative estimate of drug-likeness (QED) is 0.730. The van der Waals surface area contributed by atoms with Gasteiger partial charge in [0.1, 0.15) is 11.3 Å². The van der Waals surface area contributed by atoms with Crippen LogP contribution in [0.3, 0.4) is 0 Å². The van der Waals surface area contributed by atoms with Gasteiger partial charge in [-0.2, -0.15) is 0 Å². The van der Waals surface area contributed by atoms with Crippen molar-refractivity contribution >= 4 is 22.2 Å². The molecule has 1 amide bonds. The van der Waals surface area contributed by atoms with Gasteiger partial charge in [-0.1, -0.05) is 12.1 Å². The van der Waals surface area contributed by atoms with E-state index in [1.165, 1.54) is 21.9 Å². The predicted molar refractivity (Wildman–Crippen MR) is 92.8 cm³/mol. The Balaban J connectivity index is 1.89. The number of ether oxygens (including phenoxy) is 1. The molecule has 0 radical (unpaired) electrons. The van der Waals surface area contributed by atoms with E-state index in [0.29, 0.717) is 4.96 Å². The number of rotatable bonds is 4. The lowest BCUT2D eigenvalue weighted by atomic mass is 10.1. The van der Waals surface area contributed by atoms with Crippen LogP contribution in [0.25, 0.3) is 4.96 Å². The standard InChI is InChI=1S/C17H17N3O3S/c1-11(12-4-6-13(23-3)7-5-12)19(2)15(21)14-10-18-17-20(16(14)22)8-9-24-17/h4-11H,1-3H3. The Morgan fingerprint density at radius 3 is 2.71 bits per heavy atom. The minimum atomic E-state index is -0.351. The van der Waals surface area contributed by atoms with Crippen LogP contribution in [0.1, 0.15) is 28.9 Å². The van der Waals surface area contributed by atoms with Crippen molar-refractivity contribution in [3.8, 4) is 5.75 Å². The van der Waals surface area contributed by atoms with Gasteiger partial charge in [0.05, 0.1) is 13.2 Å². The molecule has 0 saturated heterocycles. The van der Waals surface area contributed by atoms with Crippen molar-refractivity contribution < 1.29 is 9.53 Å².